The topological polar surface area (TPSA) is 17.8 Å². The molecular formula is C16H20ClFN2. The SMILES string of the molecule is CCc1nn(Cc2cc(F)ccc2C)c(CC)c1CCl. The van der Waals surface area contributed by atoms with Crippen LogP contribution in [-0.2, 0) is 25.3 Å². The molecule has 108 valence electrons. The van der Waals surface area contributed by atoms with Gasteiger partial charge in [-0.25, -0.2) is 4.39 Å². The number of hydrogen-bond acceptors (Lipinski definition) is 1. The molecule has 0 unspecified atom stereocenters. The van der Waals surface area contributed by atoms with Gasteiger partial charge < -0.3 is 0 Å². The lowest BCUT2D eigenvalue weighted by molar-refractivity contribution is 0.609. The van der Waals surface area contributed by atoms with E-state index in [1.165, 1.54) is 6.07 Å². The largest absolute Gasteiger partial charge is 0.265 e. The summed E-state index contributed by atoms with van der Waals surface area (Å²) in [6.45, 7) is 6.76. The van der Waals surface area contributed by atoms with Gasteiger partial charge in [-0.2, -0.15) is 5.10 Å². The minimum Gasteiger partial charge on any atom is -0.265 e. The number of alkyl halides is 1. The van der Waals surface area contributed by atoms with Crippen LogP contribution in [0.3, 0.4) is 0 Å². The molecule has 0 aliphatic rings. The summed E-state index contributed by atoms with van der Waals surface area (Å²) >= 11 is 6.05. The van der Waals surface area contributed by atoms with Crippen LogP contribution in [0.2, 0.25) is 0 Å². The molecule has 0 spiro atoms. The van der Waals surface area contributed by atoms with E-state index >= 15 is 0 Å². The van der Waals surface area contributed by atoms with Gasteiger partial charge in [0.2, 0.25) is 0 Å². The van der Waals surface area contributed by atoms with Crippen molar-refractivity contribution in [2.45, 2.75) is 46.0 Å². The Kier molecular flexibility index (Phi) is 4.81. The molecule has 0 amide bonds. The summed E-state index contributed by atoms with van der Waals surface area (Å²) < 4.78 is 15.4. The van der Waals surface area contributed by atoms with E-state index in [2.05, 4.69) is 18.9 Å². The molecule has 0 bridgehead atoms. The standard InChI is InChI=1S/C16H20ClFN2/c1-4-15-14(9-17)16(5-2)20(19-15)10-12-8-13(18)7-6-11(12)3/h6-8H,4-5,9-10H2,1-3H3. The molecule has 0 radical (unpaired) electrons. The van der Waals surface area contributed by atoms with Crippen molar-refractivity contribution < 1.29 is 4.39 Å². The zero-order valence-electron chi connectivity index (χ0n) is 12.2. The summed E-state index contributed by atoms with van der Waals surface area (Å²) in [4.78, 5) is 0. The monoisotopic (exact) mass is 294 g/mol. The molecule has 4 heteroatoms. The van der Waals surface area contributed by atoms with Crippen molar-refractivity contribution >= 4 is 11.6 Å². The van der Waals surface area contributed by atoms with Crippen molar-refractivity contribution in [1.29, 1.82) is 0 Å². The summed E-state index contributed by atoms with van der Waals surface area (Å²) in [6, 6.07) is 4.88. The smallest absolute Gasteiger partial charge is 0.123 e. The minimum absolute atomic E-state index is 0.205. The Morgan fingerprint density at radius 1 is 1.25 bits per heavy atom. The Balaban J connectivity index is 2.42. The third kappa shape index (κ3) is 2.88. The second-order valence-corrected chi connectivity index (χ2v) is 5.21. The fourth-order valence-corrected chi connectivity index (χ4v) is 2.83. The van der Waals surface area contributed by atoms with E-state index in [-0.39, 0.29) is 5.82 Å². The van der Waals surface area contributed by atoms with Crippen LogP contribution in [0, 0.1) is 12.7 Å². The van der Waals surface area contributed by atoms with Gasteiger partial charge in [0.15, 0.2) is 0 Å². The first-order valence-corrected chi connectivity index (χ1v) is 7.52. The van der Waals surface area contributed by atoms with Crippen LogP contribution in [-0.4, -0.2) is 9.78 Å². The van der Waals surface area contributed by atoms with Crippen molar-refractivity contribution in [2.75, 3.05) is 0 Å². The van der Waals surface area contributed by atoms with Crippen molar-refractivity contribution in [1.82, 2.24) is 9.78 Å². The van der Waals surface area contributed by atoms with E-state index in [0.717, 1.165) is 40.9 Å². The molecule has 20 heavy (non-hydrogen) atoms. The Labute approximate surface area is 124 Å². The maximum absolute atomic E-state index is 13.4. The van der Waals surface area contributed by atoms with E-state index in [4.69, 9.17) is 11.6 Å². The molecule has 2 nitrogen and oxygen atoms in total. The second-order valence-electron chi connectivity index (χ2n) is 4.94. The van der Waals surface area contributed by atoms with Gasteiger partial charge >= 0.3 is 0 Å². The quantitative estimate of drug-likeness (QED) is 0.754. The van der Waals surface area contributed by atoms with Crippen molar-refractivity contribution in [3.8, 4) is 0 Å². The summed E-state index contributed by atoms with van der Waals surface area (Å²) in [5.41, 5.74) is 5.37. The molecule has 2 rings (SSSR count). The molecule has 0 aliphatic heterocycles. The molecule has 1 aromatic heterocycles. The van der Waals surface area contributed by atoms with Gasteiger partial charge in [0, 0.05) is 11.3 Å². The number of nitrogens with zero attached hydrogens (tertiary/aromatic N) is 2. The summed E-state index contributed by atoms with van der Waals surface area (Å²) in [6.07, 6.45) is 1.74. The van der Waals surface area contributed by atoms with Gasteiger partial charge in [-0.15, -0.1) is 11.6 Å². The Hall–Kier alpha value is -1.35. The average molecular weight is 295 g/mol. The normalized spacial score (nSPS) is 11.1. The first-order valence-electron chi connectivity index (χ1n) is 6.99. The van der Waals surface area contributed by atoms with Crippen molar-refractivity contribution in [3.63, 3.8) is 0 Å². The van der Waals surface area contributed by atoms with Crippen LogP contribution in [0.1, 0.15) is 41.9 Å². The first-order chi connectivity index (χ1) is 9.60. The van der Waals surface area contributed by atoms with Crippen molar-refractivity contribution in [3.05, 3.63) is 52.1 Å². The van der Waals surface area contributed by atoms with E-state index in [1.807, 2.05) is 17.7 Å². The van der Waals surface area contributed by atoms with Crippen LogP contribution >= 0.6 is 11.6 Å². The molecule has 1 aromatic carbocycles. The predicted octanol–water partition coefficient (Wildman–Crippen LogP) is 4.24. The molecule has 0 saturated carbocycles. The zero-order chi connectivity index (χ0) is 14.7. The summed E-state index contributed by atoms with van der Waals surface area (Å²) in [5, 5.41) is 4.65. The summed E-state index contributed by atoms with van der Waals surface area (Å²) in [7, 11) is 0. The molecule has 0 aliphatic carbocycles. The van der Waals surface area contributed by atoms with Crippen molar-refractivity contribution in [2.24, 2.45) is 0 Å². The fraction of sp³-hybridized carbons (Fsp3) is 0.438. The highest BCUT2D eigenvalue weighted by Crippen LogP contribution is 2.21. The van der Waals surface area contributed by atoms with Crippen LogP contribution < -0.4 is 0 Å². The maximum atomic E-state index is 13.4. The Bertz CT molecular complexity index is 605. The number of halogens is 2. The molecule has 2 aromatic rings. The number of aryl methyl sites for hydroxylation is 2. The maximum Gasteiger partial charge on any atom is 0.123 e. The third-order valence-corrected chi connectivity index (χ3v) is 3.95. The van der Waals surface area contributed by atoms with Crippen LogP contribution in [0.5, 0.6) is 0 Å². The fourth-order valence-electron chi connectivity index (χ4n) is 2.53. The minimum atomic E-state index is -0.205. The lowest BCUT2D eigenvalue weighted by atomic mass is 10.1. The van der Waals surface area contributed by atoms with Gasteiger partial charge in [0.1, 0.15) is 5.82 Å². The third-order valence-electron chi connectivity index (χ3n) is 3.68. The number of benzene rings is 1. The van der Waals surface area contributed by atoms with E-state index in [9.17, 15) is 4.39 Å². The number of hydrogen-bond donors (Lipinski definition) is 0. The van der Waals surface area contributed by atoms with Gasteiger partial charge in [0.05, 0.1) is 18.1 Å². The molecule has 0 fully saturated rings. The number of aromatic nitrogens is 2. The summed E-state index contributed by atoms with van der Waals surface area (Å²) in [5.74, 6) is 0.276. The highest BCUT2D eigenvalue weighted by molar-refractivity contribution is 6.17. The second kappa shape index (κ2) is 6.40. The lowest BCUT2D eigenvalue weighted by Crippen LogP contribution is -2.08. The van der Waals surface area contributed by atoms with E-state index in [0.29, 0.717) is 12.4 Å². The predicted molar refractivity (Wildman–Crippen MR) is 80.8 cm³/mol. The Morgan fingerprint density at radius 2 is 2.00 bits per heavy atom. The van der Waals surface area contributed by atoms with E-state index < -0.39 is 0 Å². The highest BCUT2D eigenvalue weighted by atomic mass is 35.5. The molecular weight excluding hydrogens is 275 g/mol. The lowest BCUT2D eigenvalue weighted by Gasteiger charge is -2.10. The Morgan fingerprint density at radius 3 is 2.60 bits per heavy atom. The molecule has 0 saturated heterocycles. The molecule has 0 atom stereocenters. The van der Waals surface area contributed by atoms with Crippen LogP contribution in [0.15, 0.2) is 18.2 Å². The highest BCUT2D eigenvalue weighted by Gasteiger charge is 2.15. The zero-order valence-corrected chi connectivity index (χ0v) is 13.0. The molecule has 0 N–H and O–H groups in total. The van der Waals surface area contributed by atoms with Gasteiger partial charge in [-0.3, -0.25) is 4.68 Å². The average Bonchev–Trinajstić information content (AvgIpc) is 2.79. The van der Waals surface area contributed by atoms with Gasteiger partial charge in [-0.05, 0) is 43.0 Å². The van der Waals surface area contributed by atoms with Gasteiger partial charge in [-0.1, -0.05) is 19.9 Å². The number of rotatable bonds is 5. The molecule has 1 heterocycles. The van der Waals surface area contributed by atoms with Gasteiger partial charge in [0.25, 0.3) is 0 Å². The van der Waals surface area contributed by atoms with E-state index in [1.54, 1.807) is 6.07 Å². The first kappa shape index (κ1) is 15.0. The van der Waals surface area contributed by atoms with Crippen LogP contribution in [0.4, 0.5) is 4.39 Å². The van der Waals surface area contributed by atoms with Crippen LogP contribution in [0.25, 0.3) is 0 Å².